The summed E-state index contributed by atoms with van der Waals surface area (Å²) in [5.41, 5.74) is 4.11. The molecule has 4 rings (SSSR count). The second kappa shape index (κ2) is 6.90. The molecule has 0 saturated carbocycles. The minimum Gasteiger partial charge on any atom is -0.478 e. The third-order valence-corrected chi connectivity index (χ3v) is 5.18. The van der Waals surface area contributed by atoms with E-state index in [-0.39, 0.29) is 5.56 Å². The zero-order valence-corrected chi connectivity index (χ0v) is 15.6. The predicted molar refractivity (Wildman–Crippen MR) is 106 cm³/mol. The summed E-state index contributed by atoms with van der Waals surface area (Å²) in [6, 6.07) is 10.3. The molecule has 7 heteroatoms. The van der Waals surface area contributed by atoms with Crippen molar-refractivity contribution in [1.29, 1.82) is 0 Å². The monoisotopic (exact) mass is 365 g/mol. The number of rotatable bonds is 4. The molecule has 0 bridgehead atoms. The van der Waals surface area contributed by atoms with Crippen molar-refractivity contribution >= 4 is 28.5 Å². The number of aromatic nitrogens is 3. The number of imidazole rings is 1. The van der Waals surface area contributed by atoms with Crippen LogP contribution in [0.4, 0.5) is 11.4 Å². The number of aromatic carboxylic acids is 1. The van der Waals surface area contributed by atoms with E-state index >= 15 is 0 Å². The quantitative estimate of drug-likeness (QED) is 0.766. The molecule has 1 fully saturated rings. The van der Waals surface area contributed by atoms with Crippen LogP contribution in [-0.2, 0) is 6.54 Å². The summed E-state index contributed by atoms with van der Waals surface area (Å²) in [6.45, 7) is 7.69. The molecule has 0 radical (unpaired) electrons. The van der Waals surface area contributed by atoms with E-state index in [1.807, 2.05) is 29.7 Å². The van der Waals surface area contributed by atoms with Crippen LogP contribution in [0.25, 0.3) is 11.2 Å². The number of nitrogens with zero attached hydrogens (tertiary/aromatic N) is 5. The standard InChI is InChI=1S/C20H23N5O2/c1-3-23-13-21-17-18(16(20(26)27)14(2)22-19(17)23)25-11-9-24(10-12-25)15-7-5-4-6-8-15/h4-8,13H,3,9-12H2,1-2H3,(H,26,27). The number of piperazine rings is 1. The Hall–Kier alpha value is -3.09. The molecule has 1 aromatic carbocycles. The van der Waals surface area contributed by atoms with Crippen molar-refractivity contribution in [2.24, 2.45) is 0 Å². The summed E-state index contributed by atoms with van der Waals surface area (Å²) in [5, 5.41) is 9.82. The molecule has 0 unspecified atom stereocenters. The first-order chi connectivity index (χ1) is 13.1. The second-order valence-corrected chi connectivity index (χ2v) is 6.74. The van der Waals surface area contributed by atoms with Crippen LogP contribution in [0.5, 0.6) is 0 Å². The van der Waals surface area contributed by atoms with E-state index in [0.717, 1.165) is 38.4 Å². The number of carboxylic acids is 1. The van der Waals surface area contributed by atoms with Gasteiger partial charge in [0.2, 0.25) is 0 Å². The topological polar surface area (TPSA) is 74.5 Å². The Bertz CT molecular complexity index is 975. The number of aryl methyl sites for hydroxylation is 2. The van der Waals surface area contributed by atoms with Crippen LogP contribution in [-0.4, -0.2) is 51.8 Å². The second-order valence-electron chi connectivity index (χ2n) is 6.74. The van der Waals surface area contributed by atoms with Gasteiger partial charge in [-0.2, -0.15) is 0 Å². The number of hydrogen-bond acceptors (Lipinski definition) is 5. The predicted octanol–water partition coefficient (Wildman–Crippen LogP) is 2.78. The molecule has 3 aromatic rings. The zero-order valence-electron chi connectivity index (χ0n) is 15.6. The zero-order chi connectivity index (χ0) is 19.0. The summed E-state index contributed by atoms with van der Waals surface area (Å²) in [7, 11) is 0. The van der Waals surface area contributed by atoms with E-state index < -0.39 is 5.97 Å². The summed E-state index contributed by atoms with van der Waals surface area (Å²) >= 11 is 0. The molecule has 7 nitrogen and oxygen atoms in total. The van der Waals surface area contributed by atoms with Gasteiger partial charge in [-0.15, -0.1) is 0 Å². The van der Waals surface area contributed by atoms with Gasteiger partial charge in [0.25, 0.3) is 0 Å². The number of anilines is 2. The van der Waals surface area contributed by atoms with Crippen LogP contribution in [0.2, 0.25) is 0 Å². The fourth-order valence-corrected chi connectivity index (χ4v) is 3.79. The largest absolute Gasteiger partial charge is 0.478 e. The number of fused-ring (bicyclic) bond motifs is 1. The van der Waals surface area contributed by atoms with E-state index in [9.17, 15) is 9.90 Å². The van der Waals surface area contributed by atoms with Gasteiger partial charge in [-0.3, -0.25) is 0 Å². The Balaban J connectivity index is 1.72. The molecule has 1 aliphatic heterocycles. The first-order valence-electron chi connectivity index (χ1n) is 9.23. The molecule has 0 atom stereocenters. The molecule has 0 amide bonds. The minimum atomic E-state index is -0.951. The van der Waals surface area contributed by atoms with Crippen LogP contribution in [0.1, 0.15) is 23.0 Å². The van der Waals surface area contributed by atoms with Crippen molar-refractivity contribution in [1.82, 2.24) is 14.5 Å². The van der Waals surface area contributed by atoms with Gasteiger partial charge in [0.1, 0.15) is 11.1 Å². The fourth-order valence-electron chi connectivity index (χ4n) is 3.79. The highest BCUT2D eigenvalue weighted by Crippen LogP contribution is 2.32. The smallest absolute Gasteiger partial charge is 0.339 e. The summed E-state index contributed by atoms with van der Waals surface area (Å²) in [5.74, 6) is -0.951. The Labute approximate surface area is 157 Å². The Morgan fingerprint density at radius 2 is 1.78 bits per heavy atom. The van der Waals surface area contributed by atoms with Crippen LogP contribution >= 0.6 is 0 Å². The van der Waals surface area contributed by atoms with Crippen molar-refractivity contribution in [2.45, 2.75) is 20.4 Å². The average Bonchev–Trinajstić information content (AvgIpc) is 3.10. The van der Waals surface area contributed by atoms with Crippen molar-refractivity contribution in [2.75, 3.05) is 36.0 Å². The molecule has 140 valence electrons. The lowest BCUT2D eigenvalue weighted by Gasteiger charge is -2.38. The molecule has 0 aliphatic carbocycles. The SMILES string of the molecule is CCn1cnc2c(N3CCN(c4ccccc4)CC3)c(C(=O)O)c(C)nc21. The molecule has 1 aliphatic rings. The van der Waals surface area contributed by atoms with Crippen molar-refractivity contribution in [3.05, 3.63) is 47.9 Å². The van der Waals surface area contributed by atoms with Gasteiger partial charge in [-0.05, 0) is 26.0 Å². The maximum absolute atomic E-state index is 12.0. The highest BCUT2D eigenvalue weighted by Gasteiger charge is 2.27. The van der Waals surface area contributed by atoms with Crippen molar-refractivity contribution in [3.63, 3.8) is 0 Å². The lowest BCUT2D eigenvalue weighted by Crippen LogP contribution is -2.47. The minimum absolute atomic E-state index is 0.261. The number of para-hydroxylation sites is 1. The van der Waals surface area contributed by atoms with Crippen LogP contribution < -0.4 is 9.80 Å². The van der Waals surface area contributed by atoms with Gasteiger partial charge in [-0.1, -0.05) is 18.2 Å². The van der Waals surface area contributed by atoms with E-state index in [1.54, 1.807) is 13.3 Å². The van der Waals surface area contributed by atoms with E-state index in [4.69, 9.17) is 0 Å². The summed E-state index contributed by atoms with van der Waals surface area (Å²) < 4.78 is 1.96. The van der Waals surface area contributed by atoms with Gasteiger partial charge >= 0.3 is 5.97 Å². The fraction of sp³-hybridized carbons (Fsp3) is 0.350. The third-order valence-electron chi connectivity index (χ3n) is 5.18. The first kappa shape index (κ1) is 17.3. The Morgan fingerprint density at radius 1 is 1.11 bits per heavy atom. The maximum atomic E-state index is 12.0. The average molecular weight is 365 g/mol. The number of pyridine rings is 1. The molecule has 0 spiro atoms. The van der Waals surface area contributed by atoms with Crippen LogP contribution in [0, 0.1) is 6.92 Å². The number of hydrogen-bond donors (Lipinski definition) is 1. The van der Waals surface area contributed by atoms with Gasteiger partial charge < -0.3 is 19.5 Å². The van der Waals surface area contributed by atoms with Crippen molar-refractivity contribution in [3.8, 4) is 0 Å². The molecule has 3 heterocycles. The maximum Gasteiger partial charge on any atom is 0.339 e. The molecule has 1 N–H and O–H groups in total. The van der Waals surface area contributed by atoms with Crippen molar-refractivity contribution < 1.29 is 9.90 Å². The first-order valence-corrected chi connectivity index (χ1v) is 9.23. The highest BCUT2D eigenvalue weighted by atomic mass is 16.4. The number of carboxylic acid groups (broad SMARTS) is 1. The lowest BCUT2D eigenvalue weighted by molar-refractivity contribution is 0.0696. The van der Waals surface area contributed by atoms with Crippen LogP contribution in [0.3, 0.4) is 0 Å². The third kappa shape index (κ3) is 2.99. The van der Waals surface area contributed by atoms with Gasteiger partial charge in [0.05, 0.1) is 17.7 Å². The summed E-state index contributed by atoms with van der Waals surface area (Å²) in [6.07, 6.45) is 1.74. The Kier molecular flexibility index (Phi) is 4.43. The van der Waals surface area contributed by atoms with E-state index in [2.05, 4.69) is 31.9 Å². The Morgan fingerprint density at radius 3 is 2.41 bits per heavy atom. The molecule has 2 aromatic heterocycles. The lowest BCUT2D eigenvalue weighted by atomic mass is 10.1. The molecular weight excluding hydrogens is 342 g/mol. The van der Waals surface area contributed by atoms with E-state index in [0.29, 0.717) is 16.9 Å². The van der Waals surface area contributed by atoms with Gasteiger partial charge in [0.15, 0.2) is 5.65 Å². The van der Waals surface area contributed by atoms with Crippen LogP contribution in [0.15, 0.2) is 36.7 Å². The molecular formula is C20H23N5O2. The van der Waals surface area contributed by atoms with Gasteiger partial charge in [0, 0.05) is 38.4 Å². The number of carbonyl (C=O) groups is 1. The summed E-state index contributed by atoms with van der Waals surface area (Å²) in [4.78, 5) is 25.5. The van der Waals surface area contributed by atoms with E-state index in [1.165, 1.54) is 5.69 Å². The normalized spacial score (nSPS) is 14.7. The highest BCUT2D eigenvalue weighted by molar-refractivity contribution is 6.03. The molecule has 1 saturated heterocycles. The molecule has 27 heavy (non-hydrogen) atoms. The van der Waals surface area contributed by atoms with Gasteiger partial charge in [-0.25, -0.2) is 14.8 Å². The number of benzene rings is 1.